The number of methoxy groups -OCH3 is 1. The molecule has 0 saturated heterocycles. The summed E-state index contributed by atoms with van der Waals surface area (Å²) in [5.74, 6) is -2.62. The molecule has 0 aromatic heterocycles. The van der Waals surface area contributed by atoms with Crippen LogP contribution in [-0.2, 0) is 9.53 Å². The summed E-state index contributed by atoms with van der Waals surface area (Å²) in [6.07, 6.45) is -0.665. The van der Waals surface area contributed by atoms with Crippen molar-refractivity contribution in [2.45, 2.75) is 26.4 Å². The topological polar surface area (TPSA) is 102 Å². The smallest absolute Gasteiger partial charge is 0.412 e. The number of carbonyl (C=O) groups excluding carboxylic acids is 2. The highest BCUT2D eigenvalue weighted by atomic mass is 16.6. The maximum atomic E-state index is 11.6. The lowest BCUT2D eigenvalue weighted by Gasteiger charge is -2.20. The molecule has 0 radical (unpaired) electrons. The van der Waals surface area contributed by atoms with Gasteiger partial charge in [-0.1, -0.05) is 0 Å². The maximum absolute atomic E-state index is 11.6. The second-order valence-electron chi connectivity index (χ2n) is 5.18. The van der Waals surface area contributed by atoms with Gasteiger partial charge in [-0.3, -0.25) is 10.1 Å². The van der Waals surface area contributed by atoms with Crippen LogP contribution in [-0.4, -0.2) is 35.7 Å². The van der Waals surface area contributed by atoms with E-state index in [-0.39, 0.29) is 11.3 Å². The van der Waals surface area contributed by atoms with Crippen molar-refractivity contribution in [1.29, 1.82) is 0 Å². The van der Waals surface area contributed by atoms with Gasteiger partial charge in [0.2, 0.25) is 0 Å². The molecule has 114 valence electrons. The molecular formula is C14H17NO6. The zero-order chi connectivity index (χ0) is 16.2. The average Bonchev–Trinajstić information content (AvgIpc) is 2.35. The third-order valence-electron chi connectivity index (χ3n) is 2.29. The SMILES string of the molecule is COc1cc(NC(=O)OC(C)(C)C)ccc1C(=O)C(=O)O. The number of carboxylic acids is 1. The third kappa shape index (κ3) is 4.79. The van der Waals surface area contributed by atoms with Gasteiger partial charge < -0.3 is 14.6 Å². The molecule has 0 fully saturated rings. The number of ketones is 1. The predicted molar refractivity (Wildman–Crippen MR) is 74.8 cm³/mol. The summed E-state index contributed by atoms with van der Waals surface area (Å²) in [5.41, 5.74) is -0.421. The minimum Gasteiger partial charge on any atom is -0.496 e. The molecule has 0 heterocycles. The van der Waals surface area contributed by atoms with Gasteiger partial charge in [-0.25, -0.2) is 9.59 Å². The van der Waals surface area contributed by atoms with Gasteiger partial charge >= 0.3 is 12.1 Å². The second kappa shape index (κ2) is 6.25. The number of amides is 1. The van der Waals surface area contributed by atoms with Crippen molar-refractivity contribution in [3.63, 3.8) is 0 Å². The molecule has 0 atom stereocenters. The molecular weight excluding hydrogens is 278 g/mol. The zero-order valence-electron chi connectivity index (χ0n) is 12.2. The number of Topliss-reactive ketones (excluding diaryl/α,β-unsaturated/α-hetero) is 1. The maximum Gasteiger partial charge on any atom is 0.412 e. The van der Waals surface area contributed by atoms with Crippen molar-refractivity contribution in [2.24, 2.45) is 0 Å². The molecule has 7 heteroatoms. The summed E-state index contributed by atoms with van der Waals surface area (Å²) >= 11 is 0. The molecule has 1 amide bonds. The van der Waals surface area contributed by atoms with Crippen molar-refractivity contribution < 1.29 is 29.0 Å². The lowest BCUT2D eigenvalue weighted by molar-refractivity contribution is -0.131. The quantitative estimate of drug-likeness (QED) is 0.652. The van der Waals surface area contributed by atoms with Gasteiger partial charge in [0.25, 0.3) is 5.78 Å². The van der Waals surface area contributed by atoms with Crippen LogP contribution in [0.5, 0.6) is 5.75 Å². The number of carboxylic acid groups (broad SMARTS) is 1. The van der Waals surface area contributed by atoms with Gasteiger partial charge in [-0.05, 0) is 32.9 Å². The Bertz CT molecular complexity index is 573. The van der Waals surface area contributed by atoms with Crippen LogP contribution in [0.25, 0.3) is 0 Å². The van der Waals surface area contributed by atoms with Gasteiger partial charge in [0.15, 0.2) is 0 Å². The van der Waals surface area contributed by atoms with E-state index >= 15 is 0 Å². The number of hydrogen-bond acceptors (Lipinski definition) is 5. The van der Waals surface area contributed by atoms with E-state index in [0.29, 0.717) is 5.69 Å². The Balaban J connectivity index is 2.95. The Morgan fingerprint density at radius 2 is 1.81 bits per heavy atom. The first-order valence-electron chi connectivity index (χ1n) is 6.09. The van der Waals surface area contributed by atoms with Crippen LogP contribution in [0.4, 0.5) is 10.5 Å². The normalized spacial score (nSPS) is 10.7. The number of hydrogen-bond donors (Lipinski definition) is 2. The van der Waals surface area contributed by atoms with Crippen molar-refractivity contribution in [3.05, 3.63) is 23.8 Å². The third-order valence-corrected chi connectivity index (χ3v) is 2.29. The van der Waals surface area contributed by atoms with E-state index in [1.165, 1.54) is 25.3 Å². The number of anilines is 1. The largest absolute Gasteiger partial charge is 0.496 e. The summed E-state index contributed by atoms with van der Waals surface area (Å²) in [6, 6.07) is 4.00. The Kier molecular flexibility index (Phi) is 4.91. The zero-order valence-corrected chi connectivity index (χ0v) is 12.2. The molecule has 0 unspecified atom stereocenters. The van der Waals surface area contributed by atoms with Crippen LogP contribution in [0, 0.1) is 0 Å². The van der Waals surface area contributed by atoms with Gasteiger partial charge in [0.1, 0.15) is 11.4 Å². The first kappa shape index (κ1) is 16.5. The predicted octanol–water partition coefficient (Wildman–Crippen LogP) is 2.31. The molecule has 0 spiro atoms. The summed E-state index contributed by atoms with van der Waals surface area (Å²) in [4.78, 5) is 33.8. The van der Waals surface area contributed by atoms with Crippen LogP contribution in [0.15, 0.2) is 18.2 Å². The molecule has 0 aliphatic rings. The number of ether oxygens (including phenoxy) is 2. The molecule has 1 rings (SSSR count). The molecule has 1 aromatic rings. The highest BCUT2D eigenvalue weighted by Crippen LogP contribution is 2.24. The Morgan fingerprint density at radius 1 is 1.19 bits per heavy atom. The average molecular weight is 295 g/mol. The summed E-state index contributed by atoms with van der Waals surface area (Å²) in [6.45, 7) is 5.17. The lowest BCUT2D eigenvalue weighted by Crippen LogP contribution is -2.27. The highest BCUT2D eigenvalue weighted by Gasteiger charge is 2.21. The van der Waals surface area contributed by atoms with Gasteiger partial charge in [0.05, 0.1) is 12.7 Å². The van der Waals surface area contributed by atoms with Crippen molar-refractivity contribution in [3.8, 4) is 5.75 Å². The molecule has 0 aliphatic heterocycles. The molecule has 0 aliphatic carbocycles. The van der Waals surface area contributed by atoms with E-state index in [2.05, 4.69) is 5.32 Å². The molecule has 0 bridgehead atoms. The van der Waals surface area contributed by atoms with E-state index < -0.39 is 23.4 Å². The fraction of sp³-hybridized carbons (Fsp3) is 0.357. The standard InChI is InChI=1S/C14H17NO6/c1-14(2,3)21-13(19)15-8-5-6-9(10(7-8)20-4)11(16)12(17)18/h5-7H,1-4H3,(H,15,19)(H,17,18). The number of rotatable bonds is 4. The van der Waals surface area contributed by atoms with Gasteiger partial charge in [-0.15, -0.1) is 0 Å². The molecule has 21 heavy (non-hydrogen) atoms. The van der Waals surface area contributed by atoms with Crippen LogP contribution >= 0.6 is 0 Å². The number of aliphatic carboxylic acids is 1. The van der Waals surface area contributed by atoms with E-state index in [0.717, 1.165) is 0 Å². The van der Waals surface area contributed by atoms with Crippen LogP contribution in [0.1, 0.15) is 31.1 Å². The van der Waals surface area contributed by atoms with E-state index in [9.17, 15) is 14.4 Å². The fourth-order valence-corrected chi connectivity index (χ4v) is 1.49. The molecule has 1 aromatic carbocycles. The van der Waals surface area contributed by atoms with Crippen LogP contribution in [0.2, 0.25) is 0 Å². The van der Waals surface area contributed by atoms with Crippen LogP contribution < -0.4 is 10.1 Å². The number of carbonyl (C=O) groups is 3. The minimum absolute atomic E-state index is 0.0518. The second-order valence-corrected chi connectivity index (χ2v) is 5.18. The molecule has 0 saturated carbocycles. The molecule has 2 N–H and O–H groups in total. The summed E-state index contributed by atoms with van der Waals surface area (Å²) in [5, 5.41) is 11.2. The van der Waals surface area contributed by atoms with E-state index in [1.807, 2.05) is 0 Å². The minimum atomic E-state index is -1.58. The fourth-order valence-electron chi connectivity index (χ4n) is 1.49. The molecule has 7 nitrogen and oxygen atoms in total. The number of nitrogens with one attached hydrogen (secondary N) is 1. The monoisotopic (exact) mass is 295 g/mol. The highest BCUT2D eigenvalue weighted by molar-refractivity contribution is 6.40. The van der Waals surface area contributed by atoms with E-state index in [1.54, 1.807) is 20.8 Å². The van der Waals surface area contributed by atoms with E-state index in [4.69, 9.17) is 14.6 Å². The first-order valence-corrected chi connectivity index (χ1v) is 6.09. The summed E-state index contributed by atoms with van der Waals surface area (Å²) < 4.78 is 10.0. The van der Waals surface area contributed by atoms with Crippen LogP contribution in [0.3, 0.4) is 0 Å². The Morgan fingerprint density at radius 3 is 2.29 bits per heavy atom. The summed E-state index contributed by atoms with van der Waals surface area (Å²) in [7, 11) is 1.30. The van der Waals surface area contributed by atoms with Crippen molar-refractivity contribution >= 4 is 23.5 Å². The first-order chi connectivity index (χ1) is 9.64. The van der Waals surface area contributed by atoms with Crippen molar-refractivity contribution in [1.82, 2.24) is 0 Å². The lowest BCUT2D eigenvalue weighted by atomic mass is 10.1. The Labute approximate surface area is 121 Å². The Hall–Kier alpha value is -2.57. The number of benzene rings is 1. The van der Waals surface area contributed by atoms with Gasteiger partial charge in [-0.2, -0.15) is 0 Å². The van der Waals surface area contributed by atoms with Gasteiger partial charge in [0, 0.05) is 11.8 Å². The van der Waals surface area contributed by atoms with Crippen molar-refractivity contribution in [2.75, 3.05) is 12.4 Å².